The molecule has 0 unspecified atom stereocenters. The zero-order valence-electron chi connectivity index (χ0n) is 11.9. The largest absolute Gasteiger partial charge is 0.328 e. The van der Waals surface area contributed by atoms with Crippen molar-refractivity contribution in [3.8, 4) is 0 Å². The van der Waals surface area contributed by atoms with Crippen molar-refractivity contribution in [3.05, 3.63) is 0 Å². The van der Waals surface area contributed by atoms with E-state index in [4.69, 9.17) is 11.5 Å². The smallest absolute Gasteiger partial charge is 0.00413 e. The van der Waals surface area contributed by atoms with Gasteiger partial charge >= 0.3 is 0 Å². The van der Waals surface area contributed by atoms with Gasteiger partial charge in [-0.3, -0.25) is 0 Å². The number of hydrogen-bond acceptors (Lipinski definition) is 2. The van der Waals surface area contributed by atoms with Crippen molar-refractivity contribution in [1.82, 2.24) is 0 Å². The van der Waals surface area contributed by atoms with E-state index in [0.717, 1.165) is 11.8 Å². The van der Waals surface area contributed by atoms with Gasteiger partial charge in [-0.05, 0) is 37.5 Å². The molecular formula is C14H32Cl2N2. The minimum absolute atomic E-state index is 0. The van der Waals surface area contributed by atoms with E-state index in [1.807, 2.05) is 0 Å². The molecule has 2 aliphatic rings. The maximum absolute atomic E-state index is 5.73. The molecule has 4 atom stereocenters. The fourth-order valence-corrected chi connectivity index (χ4v) is 2.96. The molecule has 2 nitrogen and oxygen atoms in total. The third kappa shape index (κ3) is 9.43. The van der Waals surface area contributed by atoms with Gasteiger partial charge in [0.05, 0.1) is 0 Å². The first-order chi connectivity index (χ1) is 7.58. The molecule has 0 radical (unpaired) electrons. The third-order valence-electron chi connectivity index (χ3n) is 3.95. The van der Waals surface area contributed by atoms with Gasteiger partial charge < -0.3 is 11.5 Å². The maximum atomic E-state index is 5.73. The predicted octanol–water partition coefficient (Wildman–Crippen LogP) is 3.89. The van der Waals surface area contributed by atoms with Crippen molar-refractivity contribution in [2.45, 2.75) is 77.3 Å². The van der Waals surface area contributed by atoms with Crippen LogP contribution in [0.4, 0.5) is 0 Å². The van der Waals surface area contributed by atoms with Gasteiger partial charge in [0.25, 0.3) is 0 Å². The molecule has 0 heterocycles. The number of rotatable bonds is 0. The van der Waals surface area contributed by atoms with Gasteiger partial charge in [0, 0.05) is 12.1 Å². The fraction of sp³-hybridized carbons (Fsp3) is 1.00. The van der Waals surface area contributed by atoms with Crippen LogP contribution < -0.4 is 11.5 Å². The molecule has 4 heteroatoms. The second-order valence-corrected chi connectivity index (χ2v) is 6.06. The zero-order valence-corrected chi connectivity index (χ0v) is 13.6. The summed E-state index contributed by atoms with van der Waals surface area (Å²) < 4.78 is 0. The Morgan fingerprint density at radius 2 is 1.00 bits per heavy atom. The molecule has 0 aromatic carbocycles. The molecule has 112 valence electrons. The Kier molecular flexibility index (Phi) is 13.1. The highest BCUT2D eigenvalue weighted by atomic mass is 35.5. The summed E-state index contributed by atoms with van der Waals surface area (Å²) in [4.78, 5) is 0. The van der Waals surface area contributed by atoms with Crippen molar-refractivity contribution >= 4 is 24.8 Å². The fourth-order valence-electron chi connectivity index (χ4n) is 2.96. The topological polar surface area (TPSA) is 52.0 Å². The minimum atomic E-state index is 0. The maximum Gasteiger partial charge on any atom is 0.00413 e. The molecular weight excluding hydrogens is 267 g/mol. The Morgan fingerprint density at radius 1 is 0.667 bits per heavy atom. The molecule has 2 saturated carbocycles. The van der Waals surface area contributed by atoms with Crippen LogP contribution in [-0.2, 0) is 0 Å². The Balaban J connectivity index is 0. The van der Waals surface area contributed by atoms with Crippen molar-refractivity contribution in [2.75, 3.05) is 0 Å². The van der Waals surface area contributed by atoms with Crippen molar-refractivity contribution < 1.29 is 0 Å². The summed E-state index contributed by atoms with van der Waals surface area (Å²) in [5, 5.41) is 0. The standard InChI is InChI=1S/2C7H15N.2ClH/c2*1-6-3-2-4-7(8)5-6;;/h2*6-7H,2-5,8H2,1H3;2*1H/t2*6-,7+;;/m10../s1. The monoisotopic (exact) mass is 298 g/mol. The molecule has 0 aromatic rings. The summed E-state index contributed by atoms with van der Waals surface area (Å²) in [5.41, 5.74) is 11.5. The molecule has 2 aliphatic carbocycles. The third-order valence-corrected chi connectivity index (χ3v) is 3.95. The van der Waals surface area contributed by atoms with E-state index in [1.165, 1.54) is 51.4 Å². The van der Waals surface area contributed by atoms with Crippen LogP contribution in [0.3, 0.4) is 0 Å². The van der Waals surface area contributed by atoms with Crippen LogP contribution in [0.25, 0.3) is 0 Å². The first-order valence-corrected chi connectivity index (χ1v) is 7.09. The number of hydrogen-bond donors (Lipinski definition) is 2. The normalized spacial score (nSPS) is 35.3. The molecule has 2 fully saturated rings. The van der Waals surface area contributed by atoms with E-state index in [2.05, 4.69) is 13.8 Å². The average molecular weight is 299 g/mol. The van der Waals surface area contributed by atoms with E-state index in [-0.39, 0.29) is 24.8 Å². The molecule has 0 aromatic heterocycles. The summed E-state index contributed by atoms with van der Waals surface area (Å²) in [6.07, 6.45) is 10.5. The SMILES string of the molecule is C[C@@H]1CCC[C@H](N)C1.C[C@H]1CCC[C@@H](N)C1.Cl.Cl. The second-order valence-electron chi connectivity index (χ2n) is 6.06. The first kappa shape index (κ1) is 20.8. The highest BCUT2D eigenvalue weighted by Gasteiger charge is 2.14. The van der Waals surface area contributed by atoms with Gasteiger partial charge in [-0.2, -0.15) is 0 Å². The Hall–Kier alpha value is 0.500. The molecule has 4 N–H and O–H groups in total. The summed E-state index contributed by atoms with van der Waals surface area (Å²) in [6, 6.07) is 1.03. The van der Waals surface area contributed by atoms with E-state index >= 15 is 0 Å². The highest BCUT2D eigenvalue weighted by Crippen LogP contribution is 2.22. The van der Waals surface area contributed by atoms with Crippen molar-refractivity contribution in [2.24, 2.45) is 23.3 Å². The van der Waals surface area contributed by atoms with Gasteiger partial charge in [-0.25, -0.2) is 0 Å². The molecule has 0 aliphatic heterocycles. The van der Waals surface area contributed by atoms with Crippen LogP contribution in [0.15, 0.2) is 0 Å². The quantitative estimate of drug-likeness (QED) is 0.713. The number of halogens is 2. The lowest BCUT2D eigenvalue weighted by molar-refractivity contribution is 0.344. The van der Waals surface area contributed by atoms with Crippen LogP contribution in [0.5, 0.6) is 0 Å². The van der Waals surface area contributed by atoms with Gasteiger partial charge in [0.2, 0.25) is 0 Å². The summed E-state index contributed by atoms with van der Waals surface area (Å²) in [5.74, 6) is 1.78. The van der Waals surface area contributed by atoms with E-state index in [9.17, 15) is 0 Å². The second kappa shape index (κ2) is 11.3. The van der Waals surface area contributed by atoms with Gasteiger partial charge in [-0.15, -0.1) is 24.8 Å². The molecule has 0 amide bonds. The van der Waals surface area contributed by atoms with Crippen molar-refractivity contribution in [3.63, 3.8) is 0 Å². The summed E-state index contributed by atoms with van der Waals surface area (Å²) in [7, 11) is 0. The van der Waals surface area contributed by atoms with E-state index in [0.29, 0.717) is 12.1 Å². The lowest BCUT2D eigenvalue weighted by atomic mass is 9.88. The lowest BCUT2D eigenvalue weighted by Crippen LogP contribution is -2.26. The van der Waals surface area contributed by atoms with E-state index < -0.39 is 0 Å². The average Bonchev–Trinajstić information content (AvgIpc) is 2.17. The Labute approximate surface area is 125 Å². The van der Waals surface area contributed by atoms with Crippen LogP contribution in [0.1, 0.15) is 65.2 Å². The zero-order chi connectivity index (χ0) is 12.0. The van der Waals surface area contributed by atoms with Crippen LogP contribution in [-0.4, -0.2) is 12.1 Å². The first-order valence-electron chi connectivity index (χ1n) is 7.09. The van der Waals surface area contributed by atoms with Crippen molar-refractivity contribution in [1.29, 1.82) is 0 Å². The van der Waals surface area contributed by atoms with Gasteiger partial charge in [0.1, 0.15) is 0 Å². The van der Waals surface area contributed by atoms with Crippen LogP contribution in [0.2, 0.25) is 0 Å². The molecule has 0 bridgehead atoms. The number of nitrogens with two attached hydrogens (primary N) is 2. The highest BCUT2D eigenvalue weighted by molar-refractivity contribution is 5.85. The molecule has 0 saturated heterocycles. The summed E-state index contributed by atoms with van der Waals surface area (Å²) in [6.45, 7) is 4.58. The van der Waals surface area contributed by atoms with Crippen LogP contribution in [0, 0.1) is 11.8 Å². The Bertz CT molecular complexity index is 155. The van der Waals surface area contributed by atoms with E-state index in [1.54, 1.807) is 0 Å². The molecule has 0 spiro atoms. The van der Waals surface area contributed by atoms with Gasteiger partial charge in [-0.1, -0.05) is 39.5 Å². The molecule has 18 heavy (non-hydrogen) atoms. The molecule has 2 rings (SSSR count). The Morgan fingerprint density at radius 3 is 1.17 bits per heavy atom. The van der Waals surface area contributed by atoms with Crippen LogP contribution >= 0.6 is 24.8 Å². The minimum Gasteiger partial charge on any atom is -0.328 e. The lowest BCUT2D eigenvalue weighted by Gasteiger charge is -2.22. The van der Waals surface area contributed by atoms with Gasteiger partial charge in [0.15, 0.2) is 0 Å². The predicted molar refractivity (Wildman–Crippen MR) is 85.7 cm³/mol. The summed E-state index contributed by atoms with van der Waals surface area (Å²) >= 11 is 0.